The number of nitrogens with one attached hydrogen (secondary N) is 1. The second-order valence-corrected chi connectivity index (χ2v) is 3.58. The standard InChI is InChI=1S/C8H6N2O4S/c11-8-9-7(10-14-8)5-3-1-2-4-6(5)15(12)13/h1-4H,(H,12,13)(H,9,10,11)/p-1. The summed E-state index contributed by atoms with van der Waals surface area (Å²) in [6.45, 7) is 0. The Bertz CT molecular complexity index is 560. The van der Waals surface area contributed by atoms with E-state index in [1.807, 2.05) is 0 Å². The van der Waals surface area contributed by atoms with Crippen LogP contribution in [0.3, 0.4) is 0 Å². The lowest BCUT2D eigenvalue weighted by Crippen LogP contribution is -1.97. The summed E-state index contributed by atoms with van der Waals surface area (Å²) >= 11 is -2.39. The van der Waals surface area contributed by atoms with E-state index in [-0.39, 0.29) is 10.7 Å². The van der Waals surface area contributed by atoms with Crippen LogP contribution in [0.1, 0.15) is 0 Å². The van der Waals surface area contributed by atoms with E-state index in [4.69, 9.17) is 0 Å². The molecule has 0 saturated heterocycles. The predicted octanol–water partition coefficient (Wildman–Crippen LogP) is 0.268. The van der Waals surface area contributed by atoms with Gasteiger partial charge in [0.25, 0.3) is 0 Å². The second kappa shape index (κ2) is 3.79. The minimum absolute atomic E-state index is 0.0575. The first-order valence-corrected chi connectivity index (χ1v) is 5.00. The molecule has 6 nitrogen and oxygen atoms in total. The van der Waals surface area contributed by atoms with Crippen molar-refractivity contribution in [3.8, 4) is 11.4 Å². The van der Waals surface area contributed by atoms with Gasteiger partial charge in [-0.3, -0.25) is 13.7 Å². The van der Waals surface area contributed by atoms with Crippen LogP contribution in [0.4, 0.5) is 0 Å². The van der Waals surface area contributed by atoms with E-state index < -0.39 is 16.8 Å². The molecule has 78 valence electrons. The van der Waals surface area contributed by atoms with Crippen molar-refractivity contribution in [3.05, 3.63) is 34.8 Å². The Morgan fingerprint density at radius 1 is 1.40 bits per heavy atom. The summed E-state index contributed by atoms with van der Waals surface area (Å²) in [4.78, 5) is 13.0. The van der Waals surface area contributed by atoms with Gasteiger partial charge in [-0.15, -0.1) is 0 Å². The van der Waals surface area contributed by atoms with Gasteiger partial charge in [0.15, 0.2) is 5.82 Å². The molecule has 0 aliphatic carbocycles. The predicted molar refractivity (Wildman–Crippen MR) is 49.7 cm³/mol. The summed E-state index contributed by atoms with van der Waals surface area (Å²) in [5, 5.41) is 3.41. The maximum atomic E-state index is 10.9. The van der Waals surface area contributed by atoms with Gasteiger partial charge in [0.05, 0.1) is 0 Å². The summed E-state index contributed by atoms with van der Waals surface area (Å²) in [6.07, 6.45) is 0. The van der Waals surface area contributed by atoms with Crippen molar-refractivity contribution in [2.75, 3.05) is 0 Å². The summed E-state index contributed by atoms with van der Waals surface area (Å²) in [5.41, 5.74) is 0.302. The number of hydrogen-bond acceptors (Lipinski definition) is 5. The van der Waals surface area contributed by atoms with Crippen LogP contribution in [0.25, 0.3) is 11.4 Å². The van der Waals surface area contributed by atoms with Crippen LogP contribution < -0.4 is 5.76 Å². The smallest absolute Gasteiger partial charge is 0.439 e. The number of nitrogens with zero attached hydrogens (tertiary/aromatic N) is 1. The molecule has 0 amide bonds. The van der Waals surface area contributed by atoms with Gasteiger partial charge in [0.2, 0.25) is 0 Å². The first-order valence-electron chi connectivity index (χ1n) is 3.93. The zero-order valence-corrected chi connectivity index (χ0v) is 8.11. The van der Waals surface area contributed by atoms with Crippen LogP contribution >= 0.6 is 0 Å². The zero-order chi connectivity index (χ0) is 10.8. The van der Waals surface area contributed by atoms with Gasteiger partial charge < -0.3 is 4.55 Å². The number of H-pyrrole nitrogens is 1. The van der Waals surface area contributed by atoms with Gasteiger partial charge in [0, 0.05) is 10.5 Å². The fraction of sp³-hybridized carbons (Fsp3) is 0. The Balaban J connectivity index is 2.62. The van der Waals surface area contributed by atoms with Crippen LogP contribution in [0.5, 0.6) is 0 Å². The molecule has 15 heavy (non-hydrogen) atoms. The number of hydrogen-bond donors (Lipinski definition) is 1. The number of benzene rings is 1. The third kappa shape index (κ3) is 1.88. The SMILES string of the molecule is O=c1[nH]c(-c2ccccc2S(=O)[O-])no1. The van der Waals surface area contributed by atoms with Crippen molar-refractivity contribution in [2.45, 2.75) is 4.90 Å². The van der Waals surface area contributed by atoms with E-state index in [1.54, 1.807) is 12.1 Å². The number of aromatic amines is 1. The van der Waals surface area contributed by atoms with Crippen LogP contribution in [-0.4, -0.2) is 18.9 Å². The van der Waals surface area contributed by atoms with Crippen LogP contribution in [0, 0.1) is 0 Å². The topological polar surface area (TPSA) is 99.0 Å². The van der Waals surface area contributed by atoms with E-state index >= 15 is 0 Å². The van der Waals surface area contributed by atoms with Crippen LogP contribution in [0.2, 0.25) is 0 Å². The molecule has 1 N–H and O–H groups in total. The van der Waals surface area contributed by atoms with E-state index in [0.29, 0.717) is 5.56 Å². The summed E-state index contributed by atoms with van der Waals surface area (Å²) in [6, 6.07) is 6.15. The molecular weight excluding hydrogens is 220 g/mol. The van der Waals surface area contributed by atoms with E-state index in [9.17, 15) is 13.6 Å². The molecule has 0 saturated carbocycles. The van der Waals surface area contributed by atoms with Gasteiger partial charge in [-0.05, 0) is 23.2 Å². The molecule has 7 heteroatoms. The normalized spacial score (nSPS) is 12.6. The van der Waals surface area contributed by atoms with Crippen molar-refractivity contribution in [2.24, 2.45) is 0 Å². The van der Waals surface area contributed by atoms with E-state index in [1.165, 1.54) is 12.1 Å². The zero-order valence-electron chi connectivity index (χ0n) is 7.30. The largest absolute Gasteiger partial charge is 0.768 e. The van der Waals surface area contributed by atoms with Crippen LogP contribution in [-0.2, 0) is 11.1 Å². The summed E-state index contributed by atoms with van der Waals surface area (Å²) < 4.78 is 26.0. The highest BCUT2D eigenvalue weighted by molar-refractivity contribution is 7.79. The molecule has 1 aromatic heterocycles. The molecule has 2 rings (SSSR count). The molecule has 1 atom stereocenters. The summed E-state index contributed by atoms with van der Waals surface area (Å²) in [7, 11) is 0. The molecule has 0 aliphatic rings. The quantitative estimate of drug-likeness (QED) is 0.739. The lowest BCUT2D eigenvalue weighted by atomic mass is 10.2. The fourth-order valence-corrected chi connectivity index (χ4v) is 1.69. The Labute approximate surface area is 86.2 Å². The van der Waals surface area contributed by atoms with E-state index in [2.05, 4.69) is 14.7 Å². The average Bonchev–Trinajstić information content (AvgIpc) is 2.65. The maximum absolute atomic E-state index is 10.9. The van der Waals surface area contributed by atoms with Gasteiger partial charge in [-0.2, -0.15) is 0 Å². The highest BCUT2D eigenvalue weighted by atomic mass is 32.2. The molecule has 0 radical (unpaired) electrons. The van der Waals surface area contributed by atoms with Crippen molar-refractivity contribution in [3.63, 3.8) is 0 Å². The fourth-order valence-electron chi connectivity index (χ4n) is 1.15. The Kier molecular flexibility index (Phi) is 2.48. The molecular formula is C8H5N2O4S-. The molecule has 2 aromatic rings. The van der Waals surface area contributed by atoms with Crippen molar-refractivity contribution < 1.29 is 13.3 Å². The molecule has 1 aromatic carbocycles. The van der Waals surface area contributed by atoms with Crippen molar-refractivity contribution in [1.82, 2.24) is 10.1 Å². The monoisotopic (exact) mass is 225 g/mol. The average molecular weight is 225 g/mol. The van der Waals surface area contributed by atoms with Crippen molar-refractivity contribution >= 4 is 11.1 Å². The van der Waals surface area contributed by atoms with Gasteiger partial charge >= 0.3 is 5.76 Å². The minimum Gasteiger partial charge on any atom is -0.768 e. The Morgan fingerprint density at radius 2 is 2.13 bits per heavy atom. The minimum atomic E-state index is -2.39. The molecule has 0 aliphatic heterocycles. The summed E-state index contributed by atoms with van der Waals surface area (Å²) in [5.74, 6) is -0.628. The molecule has 0 spiro atoms. The first-order chi connectivity index (χ1) is 7.18. The third-order valence-corrected chi connectivity index (χ3v) is 2.48. The van der Waals surface area contributed by atoms with Gasteiger partial charge in [-0.1, -0.05) is 17.3 Å². The first kappa shape index (κ1) is 9.81. The van der Waals surface area contributed by atoms with Gasteiger partial charge in [0.1, 0.15) is 0 Å². The lowest BCUT2D eigenvalue weighted by molar-refractivity contribution is 0.388. The highest BCUT2D eigenvalue weighted by Crippen LogP contribution is 2.21. The highest BCUT2D eigenvalue weighted by Gasteiger charge is 2.09. The Hall–Kier alpha value is -1.73. The van der Waals surface area contributed by atoms with Crippen LogP contribution in [0.15, 0.2) is 38.5 Å². The van der Waals surface area contributed by atoms with Crippen molar-refractivity contribution in [1.29, 1.82) is 0 Å². The lowest BCUT2D eigenvalue weighted by Gasteiger charge is -2.08. The third-order valence-electron chi connectivity index (χ3n) is 1.76. The molecule has 0 fully saturated rings. The molecule has 0 bridgehead atoms. The van der Waals surface area contributed by atoms with Gasteiger partial charge in [-0.25, -0.2) is 4.79 Å². The number of rotatable bonds is 2. The van der Waals surface area contributed by atoms with E-state index in [0.717, 1.165) is 0 Å². The molecule has 1 heterocycles. The number of aromatic nitrogens is 2. The molecule has 1 unspecified atom stereocenters. The maximum Gasteiger partial charge on any atom is 0.439 e. The second-order valence-electron chi connectivity index (χ2n) is 2.67. The Morgan fingerprint density at radius 3 is 2.73 bits per heavy atom.